The zero-order chi connectivity index (χ0) is 16.0. The highest BCUT2D eigenvalue weighted by atomic mass is 19.4. The summed E-state index contributed by atoms with van der Waals surface area (Å²) < 4.78 is 42.7. The molecule has 0 unspecified atom stereocenters. The molecular weight excluding hydrogens is 285 g/mol. The third-order valence-corrected chi connectivity index (χ3v) is 2.58. The Morgan fingerprint density at radius 3 is 2.57 bits per heavy atom. The number of ether oxygens (including phenoxy) is 1. The Morgan fingerprint density at radius 1 is 1.38 bits per heavy atom. The summed E-state index contributed by atoms with van der Waals surface area (Å²) in [6.07, 6.45) is -4.34. The van der Waals surface area contributed by atoms with E-state index in [1.165, 1.54) is 0 Å². The molecule has 0 aliphatic rings. The molecule has 0 heterocycles. The van der Waals surface area contributed by atoms with Crippen LogP contribution in [-0.2, 0) is 15.7 Å². The van der Waals surface area contributed by atoms with Crippen molar-refractivity contribution in [3.8, 4) is 0 Å². The fourth-order valence-electron chi connectivity index (χ4n) is 1.55. The van der Waals surface area contributed by atoms with Crippen LogP contribution in [0.3, 0.4) is 0 Å². The average molecular weight is 304 g/mol. The number of hydrogen-bond donors (Lipinski definition) is 2. The molecule has 1 aromatic rings. The average Bonchev–Trinajstić information content (AvgIpc) is 2.35. The summed E-state index contributed by atoms with van der Waals surface area (Å²) in [5, 5.41) is 2.47. The SMILES string of the molecule is CC(C)COCCC(=O)Nc1ccc(C(F)(F)F)cc1N. The Hall–Kier alpha value is -1.76. The van der Waals surface area contributed by atoms with Gasteiger partial charge in [0.05, 0.1) is 30.0 Å². The Balaban J connectivity index is 2.53. The van der Waals surface area contributed by atoms with Crippen LogP contribution in [0, 0.1) is 5.92 Å². The van der Waals surface area contributed by atoms with Crippen molar-refractivity contribution < 1.29 is 22.7 Å². The summed E-state index contributed by atoms with van der Waals surface area (Å²) in [6.45, 7) is 4.78. The first-order valence-corrected chi connectivity index (χ1v) is 6.54. The van der Waals surface area contributed by atoms with Crippen LogP contribution in [0.25, 0.3) is 0 Å². The molecule has 3 N–H and O–H groups in total. The van der Waals surface area contributed by atoms with Crippen LogP contribution in [0.4, 0.5) is 24.5 Å². The Bertz CT molecular complexity index is 488. The second-order valence-corrected chi connectivity index (χ2v) is 5.07. The number of anilines is 2. The van der Waals surface area contributed by atoms with Gasteiger partial charge >= 0.3 is 6.18 Å². The molecule has 0 aromatic heterocycles. The highest BCUT2D eigenvalue weighted by Crippen LogP contribution is 2.32. The molecule has 4 nitrogen and oxygen atoms in total. The molecule has 0 aliphatic carbocycles. The fourth-order valence-corrected chi connectivity index (χ4v) is 1.55. The summed E-state index contributed by atoms with van der Waals surface area (Å²) in [5.41, 5.74) is 4.71. The van der Waals surface area contributed by atoms with Gasteiger partial charge in [-0.25, -0.2) is 0 Å². The molecule has 1 aromatic carbocycles. The van der Waals surface area contributed by atoms with E-state index in [4.69, 9.17) is 10.5 Å². The number of benzene rings is 1. The van der Waals surface area contributed by atoms with Gasteiger partial charge in [-0.15, -0.1) is 0 Å². The third kappa shape index (κ3) is 6.03. The molecule has 0 fully saturated rings. The van der Waals surface area contributed by atoms with E-state index in [0.717, 1.165) is 18.2 Å². The topological polar surface area (TPSA) is 64.3 Å². The van der Waals surface area contributed by atoms with Gasteiger partial charge < -0.3 is 15.8 Å². The minimum absolute atomic E-state index is 0.118. The van der Waals surface area contributed by atoms with Crippen molar-refractivity contribution in [3.05, 3.63) is 23.8 Å². The van der Waals surface area contributed by atoms with Gasteiger partial charge in [-0.1, -0.05) is 13.8 Å². The van der Waals surface area contributed by atoms with E-state index in [9.17, 15) is 18.0 Å². The van der Waals surface area contributed by atoms with Gasteiger partial charge in [-0.3, -0.25) is 4.79 Å². The lowest BCUT2D eigenvalue weighted by Gasteiger charge is -2.12. The molecule has 0 saturated heterocycles. The number of nitrogens with two attached hydrogens (primary N) is 1. The Labute approximate surface area is 121 Å². The molecule has 7 heteroatoms. The first kappa shape index (κ1) is 17.3. The minimum atomic E-state index is -4.46. The zero-order valence-electron chi connectivity index (χ0n) is 12.0. The highest BCUT2D eigenvalue weighted by molar-refractivity contribution is 5.93. The zero-order valence-corrected chi connectivity index (χ0v) is 12.0. The molecule has 0 atom stereocenters. The molecule has 0 spiro atoms. The van der Waals surface area contributed by atoms with Crippen molar-refractivity contribution >= 4 is 17.3 Å². The molecule has 0 aliphatic heterocycles. The van der Waals surface area contributed by atoms with Crippen molar-refractivity contribution in [2.24, 2.45) is 5.92 Å². The molecule has 21 heavy (non-hydrogen) atoms. The van der Waals surface area contributed by atoms with Gasteiger partial charge in [-0.05, 0) is 24.1 Å². The fraction of sp³-hybridized carbons (Fsp3) is 0.500. The quantitative estimate of drug-likeness (QED) is 0.626. The van der Waals surface area contributed by atoms with E-state index in [1.54, 1.807) is 0 Å². The maximum atomic E-state index is 12.5. The normalized spacial score (nSPS) is 11.7. The first-order valence-electron chi connectivity index (χ1n) is 6.54. The van der Waals surface area contributed by atoms with Crippen molar-refractivity contribution in [2.75, 3.05) is 24.3 Å². The number of rotatable bonds is 6. The summed E-state index contributed by atoms with van der Waals surface area (Å²) >= 11 is 0. The van der Waals surface area contributed by atoms with Gasteiger partial charge in [-0.2, -0.15) is 13.2 Å². The van der Waals surface area contributed by atoms with Crippen LogP contribution in [0.1, 0.15) is 25.8 Å². The maximum Gasteiger partial charge on any atom is 0.416 e. The maximum absolute atomic E-state index is 12.5. The van der Waals surface area contributed by atoms with Gasteiger partial charge in [0.1, 0.15) is 0 Å². The van der Waals surface area contributed by atoms with E-state index in [0.29, 0.717) is 12.5 Å². The van der Waals surface area contributed by atoms with Crippen molar-refractivity contribution in [1.82, 2.24) is 0 Å². The lowest BCUT2D eigenvalue weighted by atomic mass is 10.1. The molecule has 1 rings (SSSR count). The predicted octanol–water partition coefficient (Wildman–Crippen LogP) is 3.29. The number of halogens is 3. The van der Waals surface area contributed by atoms with E-state index < -0.39 is 11.7 Å². The number of hydrogen-bond acceptors (Lipinski definition) is 3. The summed E-state index contributed by atoms with van der Waals surface area (Å²) in [7, 11) is 0. The standard InChI is InChI=1S/C14H19F3N2O2/c1-9(2)8-21-6-5-13(20)19-12-4-3-10(7-11(12)18)14(15,16)17/h3-4,7,9H,5-6,8,18H2,1-2H3,(H,19,20). The lowest BCUT2D eigenvalue weighted by Crippen LogP contribution is -2.16. The highest BCUT2D eigenvalue weighted by Gasteiger charge is 2.30. The Kier molecular flexibility index (Phi) is 6.02. The number of carbonyl (C=O) groups excluding carboxylic acids is 1. The van der Waals surface area contributed by atoms with E-state index >= 15 is 0 Å². The molecule has 0 radical (unpaired) electrons. The van der Waals surface area contributed by atoms with Gasteiger partial charge in [0.2, 0.25) is 5.91 Å². The number of amides is 1. The van der Waals surface area contributed by atoms with Crippen molar-refractivity contribution in [3.63, 3.8) is 0 Å². The molecule has 118 valence electrons. The Morgan fingerprint density at radius 2 is 2.05 bits per heavy atom. The molecular formula is C14H19F3N2O2. The van der Waals surface area contributed by atoms with Gasteiger partial charge in [0.15, 0.2) is 0 Å². The van der Waals surface area contributed by atoms with E-state index in [1.807, 2.05) is 13.8 Å². The van der Waals surface area contributed by atoms with Crippen LogP contribution in [0.5, 0.6) is 0 Å². The number of nitrogen functional groups attached to an aromatic ring is 1. The van der Waals surface area contributed by atoms with Gasteiger partial charge in [0, 0.05) is 6.61 Å². The summed E-state index contributed by atoms with van der Waals surface area (Å²) in [5.74, 6) is 0.0174. The smallest absolute Gasteiger partial charge is 0.397 e. The second kappa shape index (κ2) is 7.31. The third-order valence-electron chi connectivity index (χ3n) is 2.58. The van der Waals surface area contributed by atoms with E-state index in [-0.39, 0.29) is 30.3 Å². The number of nitrogens with one attached hydrogen (secondary N) is 1. The number of carbonyl (C=O) groups is 1. The van der Waals surface area contributed by atoms with Crippen LogP contribution in [0.15, 0.2) is 18.2 Å². The van der Waals surface area contributed by atoms with Crippen molar-refractivity contribution in [2.45, 2.75) is 26.4 Å². The number of alkyl halides is 3. The van der Waals surface area contributed by atoms with Crippen LogP contribution < -0.4 is 11.1 Å². The monoisotopic (exact) mass is 304 g/mol. The van der Waals surface area contributed by atoms with Crippen molar-refractivity contribution in [1.29, 1.82) is 0 Å². The van der Waals surface area contributed by atoms with Crippen LogP contribution in [-0.4, -0.2) is 19.1 Å². The first-order chi connectivity index (χ1) is 9.70. The van der Waals surface area contributed by atoms with Gasteiger partial charge in [0.25, 0.3) is 0 Å². The summed E-state index contributed by atoms with van der Waals surface area (Å²) in [4.78, 5) is 11.6. The largest absolute Gasteiger partial charge is 0.416 e. The molecule has 1 amide bonds. The molecule has 0 bridgehead atoms. The van der Waals surface area contributed by atoms with Crippen LogP contribution >= 0.6 is 0 Å². The second-order valence-electron chi connectivity index (χ2n) is 5.07. The minimum Gasteiger partial charge on any atom is -0.397 e. The molecule has 0 saturated carbocycles. The van der Waals surface area contributed by atoms with E-state index in [2.05, 4.69) is 5.32 Å². The lowest BCUT2D eigenvalue weighted by molar-refractivity contribution is -0.137. The van der Waals surface area contributed by atoms with Crippen LogP contribution in [0.2, 0.25) is 0 Å². The summed E-state index contributed by atoms with van der Waals surface area (Å²) in [6, 6.07) is 2.82. The predicted molar refractivity (Wildman–Crippen MR) is 74.8 cm³/mol.